The van der Waals surface area contributed by atoms with Gasteiger partial charge in [0.2, 0.25) is 0 Å². The van der Waals surface area contributed by atoms with Gasteiger partial charge in [0.05, 0.1) is 11.5 Å². The van der Waals surface area contributed by atoms with E-state index in [0.29, 0.717) is 24.9 Å². The van der Waals surface area contributed by atoms with Crippen LogP contribution >= 0.6 is 12.6 Å². The van der Waals surface area contributed by atoms with Crippen LogP contribution in [0.5, 0.6) is 0 Å². The second kappa shape index (κ2) is 9.02. The van der Waals surface area contributed by atoms with Crippen molar-refractivity contribution in [1.29, 1.82) is 0 Å². The molecule has 5 nitrogen and oxygen atoms in total. The fraction of sp³-hybridized carbons (Fsp3) is 0.556. The summed E-state index contributed by atoms with van der Waals surface area (Å²) >= 11 is 4.10. The minimum absolute atomic E-state index is 0.0195. The predicted octanol–water partition coefficient (Wildman–Crippen LogP) is 3.71. The van der Waals surface area contributed by atoms with Crippen LogP contribution in [0.4, 0.5) is 22.4 Å². The number of rotatable bonds is 5. The van der Waals surface area contributed by atoms with Gasteiger partial charge in [-0.05, 0) is 31.0 Å². The van der Waals surface area contributed by atoms with Crippen molar-refractivity contribution in [2.24, 2.45) is 5.92 Å². The second-order valence-corrected chi connectivity index (χ2v) is 7.14. The Bertz CT molecular complexity index is 729. The van der Waals surface area contributed by atoms with Crippen LogP contribution in [0, 0.1) is 11.7 Å². The third kappa shape index (κ3) is 5.09. The number of amides is 2. The number of carbonyl (C=O) groups is 2. The summed E-state index contributed by atoms with van der Waals surface area (Å²) in [4.78, 5) is 27.1. The molecule has 1 aromatic rings. The van der Waals surface area contributed by atoms with Crippen molar-refractivity contribution in [3.8, 4) is 0 Å². The summed E-state index contributed by atoms with van der Waals surface area (Å²) in [6.45, 7) is 2.54. The molecule has 1 fully saturated rings. The van der Waals surface area contributed by atoms with Gasteiger partial charge in [-0.1, -0.05) is 6.07 Å². The zero-order valence-electron chi connectivity index (χ0n) is 15.2. The highest BCUT2D eigenvalue weighted by Gasteiger charge is 2.37. The third-order valence-electron chi connectivity index (χ3n) is 4.86. The van der Waals surface area contributed by atoms with Crippen LogP contribution in [-0.4, -0.2) is 58.8 Å². The van der Waals surface area contributed by atoms with Gasteiger partial charge in [0.25, 0.3) is 0 Å². The molecule has 28 heavy (non-hydrogen) atoms. The molecule has 10 heteroatoms. The molecule has 1 saturated heterocycles. The van der Waals surface area contributed by atoms with Crippen molar-refractivity contribution in [2.45, 2.75) is 25.4 Å². The molecule has 0 aliphatic carbocycles. The number of hydrogen-bond acceptors (Lipinski definition) is 3. The van der Waals surface area contributed by atoms with E-state index >= 15 is 0 Å². The lowest BCUT2D eigenvalue weighted by Crippen LogP contribution is -2.51. The number of carboxylic acid groups (broad SMARTS) is 1. The Labute approximate surface area is 165 Å². The van der Waals surface area contributed by atoms with Crippen LogP contribution in [0.25, 0.3) is 0 Å². The lowest BCUT2D eigenvalue weighted by molar-refractivity contribution is -0.143. The van der Waals surface area contributed by atoms with E-state index in [9.17, 15) is 32.3 Å². The molecule has 1 heterocycles. The molecule has 2 amide bonds. The van der Waals surface area contributed by atoms with Gasteiger partial charge in [-0.25, -0.2) is 9.18 Å². The minimum atomic E-state index is -4.67. The van der Waals surface area contributed by atoms with Gasteiger partial charge in [-0.3, -0.25) is 4.79 Å². The van der Waals surface area contributed by atoms with Crippen LogP contribution in [0.3, 0.4) is 0 Å². The topological polar surface area (TPSA) is 60.9 Å². The molecule has 2 rings (SSSR count). The molecular formula is C18H22F4N2O3S. The lowest BCUT2D eigenvalue weighted by atomic mass is 9.84. The molecule has 1 N–H and O–H groups in total. The molecule has 2 atom stereocenters. The third-order valence-corrected chi connectivity index (χ3v) is 5.06. The molecule has 0 spiro atoms. The zero-order valence-corrected chi connectivity index (χ0v) is 16.1. The number of benzene rings is 1. The van der Waals surface area contributed by atoms with Crippen molar-refractivity contribution in [3.63, 3.8) is 0 Å². The first-order valence-corrected chi connectivity index (χ1v) is 9.45. The smallest absolute Gasteiger partial charge is 0.416 e. The van der Waals surface area contributed by atoms with Gasteiger partial charge in [-0.2, -0.15) is 25.8 Å². The van der Waals surface area contributed by atoms with E-state index in [1.54, 1.807) is 6.92 Å². The summed E-state index contributed by atoms with van der Waals surface area (Å²) in [7, 11) is 0. The summed E-state index contributed by atoms with van der Waals surface area (Å²) in [5.74, 6) is -3.41. The first kappa shape index (κ1) is 22.3. The highest BCUT2D eigenvalue weighted by atomic mass is 32.1. The van der Waals surface area contributed by atoms with E-state index in [1.165, 1.54) is 9.80 Å². The van der Waals surface area contributed by atoms with E-state index in [4.69, 9.17) is 0 Å². The number of thiol groups is 1. The zero-order chi connectivity index (χ0) is 21.1. The van der Waals surface area contributed by atoms with Crippen LogP contribution < -0.4 is 0 Å². The van der Waals surface area contributed by atoms with E-state index in [0.717, 1.165) is 12.1 Å². The number of aliphatic carboxylic acids is 1. The first-order chi connectivity index (χ1) is 13.1. The number of hydrogen-bond donors (Lipinski definition) is 2. The Hall–Kier alpha value is -1.97. The highest BCUT2D eigenvalue weighted by molar-refractivity contribution is 7.80. The molecule has 0 radical (unpaired) electrons. The molecule has 1 aromatic carbocycles. The van der Waals surface area contributed by atoms with E-state index in [1.807, 2.05) is 0 Å². The fourth-order valence-corrected chi connectivity index (χ4v) is 3.65. The van der Waals surface area contributed by atoms with Gasteiger partial charge in [0.1, 0.15) is 5.82 Å². The van der Waals surface area contributed by atoms with E-state index in [-0.39, 0.29) is 31.1 Å². The van der Waals surface area contributed by atoms with E-state index < -0.39 is 35.4 Å². The fourth-order valence-electron chi connectivity index (χ4n) is 3.40. The van der Waals surface area contributed by atoms with Crippen molar-refractivity contribution >= 4 is 24.6 Å². The van der Waals surface area contributed by atoms with Crippen LogP contribution in [-0.2, 0) is 11.0 Å². The van der Waals surface area contributed by atoms with Crippen molar-refractivity contribution in [2.75, 3.05) is 31.9 Å². The second-order valence-electron chi connectivity index (χ2n) is 6.69. The summed E-state index contributed by atoms with van der Waals surface area (Å²) in [5.41, 5.74) is -1.13. The number of carbonyl (C=O) groups excluding carboxylic acids is 1. The quantitative estimate of drug-likeness (QED) is 0.562. The maximum atomic E-state index is 14.4. The van der Waals surface area contributed by atoms with Gasteiger partial charge < -0.3 is 14.9 Å². The van der Waals surface area contributed by atoms with Crippen molar-refractivity contribution in [1.82, 2.24) is 9.80 Å². The summed E-state index contributed by atoms with van der Waals surface area (Å²) in [6.07, 6.45) is -4.63. The summed E-state index contributed by atoms with van der Waals surface area (Å²) in [5, 5.41) is 9.42. The van der Waals surface area contributed by atoms with Crippen LogP contribution in [0.15, 0.2) is 18.2 Å². The van der Waals surface area contributed by atoms with Gasteiger partial charge >= 0.3 is 18.2 Å². The molecule has 0 saturated carbocycles. The van der Waals surface area contributed by atoms with Crippen LogP contribution in [0.2, 0.25) is 0 Å². The minimum Gasteiger partial charge on any atom is -0.481 e. The summed E-state index contributed by atoms with van der Waals surface area (Å²) < 4.78 is 52.7. The Morgan fingerprint density at radius 1 is 1.32 bits per heavy atom. The number of halogens is 4. The predicted molar refractivity (Wildman–Crippen MR) is 98.0 cm³/mol. The first-order valence-electron chi connectivity index (χ1n) is 8.82. The molecule has 156 valence electrons. The number of alkyl halides is 3. The Kier molecular flexibility index (Phi) is 7.19. The molecule has 1 aliphatic heterocycles. The molecule has 1 aliphatic rings. The molecule has 2 unspecified atom stereocenters. The number of nitrogens with zero attached hydrogens (tertiary/aromatic N) is 2. The average Bonchev–Trinajstić information content (AvgIpc) is 2.64. The number of carboxylic acids is 1. The lowest BCUT2D eigenvalue weighted by Gasteiger charge is -2.39. The summed E-state index contributed by atoms with van der Waals surface area (Å²) in [6, 6.07) is 1.82. The monoisotopic (exact) mass is 422 g/mol. The standard InChI is InChI=1S/C18H22F4N2O3S/c1-2-23(5-6-28)17(27)24-9-11(7-12(10-24)16(25)26)14-4-3-13(8-15(14)19)18(20,21)22/h3-4,8,11-12,28H,2,5-7,9-10H2,1H3,(H,25,26). The highest BCUT2D eigenvalue weighted by Crippen LogP contribution is 2.36. The number of urea groups is 1. The van der Waals surface area contributed by atoms with Gasteiger partial charge in [-0.15, -0.1) is 0 Å². The van der Waals surface area contributed by atoms with E-state index in [2.05, 4.69) is 12.6 Å². The molecule has 0 aromatic heterocycles. The van der Waals surface area contributed by atoms with Crippen molar-refractivity contribution in [3.05, 3.63) is 35.1 Å². The maximum Gasteiger partial charge on any atom is 0.416 e. The molecular weight excluding hydrogens is 400 g/mol. The van der Waals surface area contributed by atoms with Crippen molar-refractivity contribution < 1.29 is 32.3 Å². The Balaban J connectivity index is 2.31. The normalized spacial score (nSPS) is 20.1. The largest absolute Gasteiger partial charge is 0.481 e. The maximum absolute atomic E-state index is 14.4. The number of piperidine rings is 1. The van der Waals surface area contributed by atoms with Crippen LogP contribution in [0.1, 0.15) is 30.4 Å². The number of likely N-dealkylation sites (tertiary alicyclic amines) is 1. The van der Waals surface area contributed by atoms with Gasteiger partial charge in [0.15, 0.2) is 0 Å². The SMILES string of the molecule is CCN(CCS)C(=O)N1CC(C(=O)O)CC(c2ccc(C(F)(F)F)cc2F)C1. The average molecular weight is 422 g/mol. The Morgan fingerprint density at radius 3 is 2.50 bits per heavy atom. The Morgan fingerprint density at radius 2 is 2.00 bits per heavy atom. The molecule has 0 bridgehead atoms. The van der Waals surface area contributed by atoms with Gasteiger partial charge in [0, 0.05) is 37.8 Å².